The lowest BCUT2D eigenvalue weighted by atomic mass is 10.0. The number of para-hydroxylation sites is 1. The third-order valence-electron chi connectivity index (χ3n) is 5.83. The Morgan fingerprint density at radius 1 is 0.811 bits per heavy atom. The summed E-state index contributed by atoms with van der Waals surface area (Å²) >= 11 is 0. The van der Waals surface area contributed by atoms with Crippen molar-refractivity contribution < 1.29 is 32.2 Å². The predicted molar refractivity (Wildman–Crippen MR) is 141 cm³/mol. The van der Waals surface area contributed by atoms with Gasteiger partial charge in [-0.25, -0.2) is 8.42 Å². The summed E-state index contributed by atoms with van der Waals surface area (Å²) in [5.74, 6) is 1.31. The molecule has 0 aliphatic rings. The number of carbonyl (C=O) groups excluding carboxylic acids is 1. The number of anilines is 1. The number of sulfonamides is 1. The van der Waals surface area contributed by atoms with E-state index in [0.717, 1.165) is 9.87 Å². The number of rotatable bonds is 12. The Labute approximate surface area is 218 Å². The summed E-state index contributed by atoms with van der Waals surface area (Å²) in [6, 6.07) is 17.8. The molecule has 10 heteroatoms. The Bertz CT molecular complexity index is 1310. The van der Waals surface area contributed by atoms with Gasteiger partial charge in [-0.1, -0.05) is 31.2 Å². The van der Waals surface area contributed by atoms with Gasteiger partial charge in [-0.15, -0.1) is 0 Å². The minimum atomic E-state index is -4.13. The predicted octanol–water partition coefficient (Wildman–Crippen LogP) is 4.18. The Kier molecular flexibility index (Phi) is 9.24. The monoisotopic (exact) mass is 528 g/mol. The second kappa shape index (κ2) is 12.4. The van der Waals surface area contributed by atoms with Crippen LogP contribution in [0.4, 0.5) is 5.69 Å². The number of ether oxygens (including phenoxy) is 4. The van der Waals surface area contributed by atoms with E-state index in [0.29, 0.717) is 29.4 Å². The lowest BCUT2D eigenvalue weighted by Crippen LogP contribution is -2.42. The number of hydrogen-bond acceptors (Lipinski definition) is 7. The van der Waals surface area contributed by atoms with Gasteiger partial charge in [-0.3, -0.25) is 9.10 Å². The van der Waals surface area contributed by atoms with E-state index in [1.54, 1.807) is 49.6 Å². The summed E-state index contributed by atoms with van der Waals surface area (Å²) < 4.78 is 49.7. The molecule has 1 atom stereocenters. The van der Waals surface area contributed by atoms with Gasteiger partial charge in [-0.05, 0) is 48.4 Å². The molecular formula is C27H32N2O7S. The van der Waals surface area contributed by atoms with Gasteiger partial charge in [0.2, 0.25) is 5.91 Å². The summed E-state index contributed by atoms with van der Waals surface area (Å²) in [5, 5.41) is 2.95. The summed E-state index contributed by atoms with van der Waals surface area (Å²) in [6.07, 6.45) is 0.578. The van der Waals surface area contributed by atoms with Gasteiger partial charge in [0.15, 0.2) is 23.0 Å². The molecule has 0 bridgehead atoms. The molecule has 1 unspecified atom stereocenters. The highest BCUT2D eigenvalue weighted by molar-refractivity contribution is 7.92. The molecule has 0 aliphatic carbocycles. The van der Waals surface area contributed by atoms with Crippen LogP contribution in [0, 0.1) is 0 Å². The fraction of sp³-hybridized carbons (Fsp3) is 0.296. The standard InChI is InChI=1S/C27H32N2O7S/c1-6-22(19-12-14-23(33-2)25(16-19)35-4)28-27(30)18-29(20-10-8-7-9-11-20)37(31,32)21-13-15-24(34-3)26(17-21)36-5/h7-17,22H,6,18H2,1-5H3,(H,28,30). The maximum atomic E-state index is 13.7. The maximum Gasteiger partial charge on any atom is 0.264 e. The molecule has 0 heterocycles. The molecule has 0 radical (unpaired) electrons. The van der Waals surface area contributed by atoms with E-state index in [1.807, 2.05) is 13.0 Å². The number of nitrogens with zero attached hydrogens (tertiary/aromatic N) is 1. The Morgan fingerprint density at radius 2 is 1.38 bits per heavy atom. The zero-order chi connectivity index (χ0) is 27.0. The molecule has 0 fully saturated rings. The molecule has 1 N–H and O–H groups in total. The first-order chi connectivity index (χ1) is 17.8. The van der Waals surface area contributed by atoms with Crippen molar-refractivity contribution in [1.82, 2.24) is 5.32 Å². The average molecular weight is 529 g/mol. The summed E-state index contributed by atoms with van der Waals surface area (Å²) in [5.41, 5.74) is 1.16. The maximum absolute atomic E-state index is 13.7. The Balaban J connectivity index is 1.92. The summed E-state index contributed by atoms with van der Waals surface area (Å²) in [7, 11) is 1.85. The van der Waals surface area contributed by atoms with Crippen LogP contribution in [0.15, 0.2) is 71.6 Å². The second-order valence-corrected chi connectivity index (χ2v) is 9.87. The van der Waals surface area contributed by atoms with Gasteiger partial charge in [0.05, 0.1) is 45.1 Å². The molecule has 0 spiro atoms. The fourth-order valence-corrected chi connectivity index (χ4v) is 5.31. The number of benzene rings is 3. The van der Waals surface area contributed by atoms with Gasteiger partial charge in [0.25, 0.3) is 10.0 Å². The number of carbonyl (C=O) groups is 1. The van der Waals surface area contributed by atoms with Crippen LogP contribution in [0.5, 0.6) is 23.0 Å². The van der Waals surface area contributed by atoms with Crippen LogP contribution >= 0.6 is 0 Å². The minimum absolute atomic E-state index is 0.0336. The highest BCUT2D eigenvalue weighted by atomic mass is 32.2. The minimum Gasteiger partial charge on any atom is -0.493 e. The normalized spacial score (nSPS) is 11.8. The molecule has 37 heavy (non-hydrogen) atoms. The van der Waals surface area contributed by atoms with Crippen molar-refractivity contribution in [3.8, 4) is 23.0 Å². The number of amides is 1. The quantitative estimate of drug-likeness (QED) is 0.376. The molecule has 9 nitrogen and oxygen atoms in total. The van der Waals surface area contributed by atoms with Crippen molar-refractivity contribution in [2.24, 2.45) is 0 Å². The molecular weight excluding hydrogens is 496 g/mol. The van der Waals surface area contributed by atoms with Crippen molar-refractivity contribution in [3.63, 3.8) is 0 Å². The van der Waals surface area contributed by atoms with Crippen molar-refractivity contribution >= 4 is 21.6 Å². The fourth-order valence-electron chi connectivity index (χ4n) is 3.87. The van der Waals surface area contributed by atoms with E-state index >= 15 is 0 Å². The SMILES string of the molecule is CCC(NC(=O)CN(c1ccccc1)S(=O)(=O)c1ccc(OC)c(OC)c1)c1ccc(OC)c(OC)c1. The van der Waals surface area contributed by atoms with Gasteiger partial charge in [-0.2, -0.15) is 0 Å². The second-order valence-electron chi connectivity index (χ2n) is 8.01. The first-order valence-electron chi connectivity index (χ1n) is 11.6. The zero-order valence-electron chi connectivity index (χ0n) is 21.6. The van der Waals surface area contributed by atoms with Gasteiger partial charge in [0, 0.05) is 6.07 Å². The first-order valence-corrected chi connectivity index (χ1v) is 13.0. The lowest BCUT2D eigenvalue weighted by molar-refractivity contribution is -0.120. The molecule has 3 rings (SSSR count). The van der Waals surface area contributed by atoms with Crippen molar-refractivity contribution in [2.45, 2.75) is 24.3 Å². The lowest BCUT2D eigenvalue weighted by Gasteiger charge is -2.26. The van der Waals surface area contributed by atoms with Gasteiger partial charge < -0.3 is 24.3 Å². The van der Waals surface area contributed by atoms with Crippen LogP contribution in [0.2, 0.25) is 0 Å². The molecule has 0 saturated heterocycles. The topological polar surface area (TPSA) is 103 Å². The van der Waals surface area contributed by atoms with Crippen molar-refractivity contribution in [2.75, 3.05) is 39.3 Å². The molecule has 1 amide bonds. The number of hydrogen-bond donors (Lipinski definition) is 1. The molecule has 3 aromatic rings. The molecule has 198 valence electrons. The third kappa shape index (κ3) is 6.26. The van der Waals surface area contributed by atoms with Crippen LogP contribution in [0.25, 0.3) is 0 Å². The molecule has 0 aliphatic heterocycles. The van der Waals surface area contributed by atoms with Crippen LogP contribution in [-0.4, -0.2) is 49.3 Å². The molecule has 0 saturated carbocycles. The van der Waals surface area contributed by atoms with Gasteiger partial charge in [0.1, 0.15) is 6.54 Å². The number of methoxy groups -OCH3 is 4. The van der Waals surface area contributed by atoms with Crippen LogP contribution in [0.3, 0.4) is 0 Å². The third-order valence-corrected chi connectivity index (χ3v) is 7.60. The summed E-state index contributed by atoms with van der Waals surface area (Å²) in [6.45, 7) is 1.50. The van der Waals surface area contributed by atoms with Crippen LogP contribution < -0.4 is 28.6 Å². The highest BCUT2D eigenvalue weighted by Gasteiger charge is 2.29. The van der Waals surface area contributed by atoms with Crippen LogP contribution in [-0.2, 0) is 14.8 Å². The van der Waals surface area contributed by atoms with E-state index in [9.17, 15) is 13.2 Å². The van der Waals surface area contributed by atoms with E-state index in [1.165, 1.54) is 39.5 Å². The largest absolute Gasteiger partial charge is 0.493 e. The Hall–Kier alpha value is -3.92. The Morgan fingerprint density at radius 3 is 1.95 bits per heavy atom. The highest BCUT2D eigenvalue weighted by Crippen LogP contribution is 2.33. The van der Waals surface area contributed by atoms with Crippen molar-refractivity contribution in [3.05, 3.63) is 72.3 Å². The smallest absolute Gasteiger partial charge is 0.264 e. The van der Waals surface area contributed by atoms with Crippen LogP contribution in [0.1, 0.15) is 24.9 Å². The van der Waals surface area contributed by atoms with E-state index < -0.39 is 22.5 Å². The average Bonchev–Trinajstić information content (AvgIpc) is 2.94. The molecule has 3 aromatic carbocycles. The summed E-state index contributed by atoms with van der Waals surface area (Å²) in [4.78, 5) is 13.2. The van der Waals surface area contributed by atoms with E-state index in [2.05, 4.69) is 5.32 Å². The van der Waals surface area contributed by atoms with E-state index in [-0.39, 0.29) is 16.7 Å². The van der Waals surface area contributed by atoms with Crippen molar-refractivity contribution in [1.29, 1.82) is 0 Å². The van der Waals surface area contributed by atoms with E-state index in [4.69, 9.17) is 18.9 Å². The number of nitrogens with one attached hydrogen (secondary N) is 1. The molecule has 0 aromatic heterocycles. The zero-order valence-corrected chi connectivity index (χ0v) is 22.4. The van der Waals surface area contributed by atoms with Gasteiger partial charge >= 0.3 is 0 Å². The first kappa shape index (κ1) is 27.7.